The van der Waals surface area contributed by atoms with Gasteiger partial charge in [0.25, 0.3) is 11.8 Å². The Hall–Kier alpha value is -3.12. The summed E-state index contributed by atoms with van der Waals surface area (Å²) in [5.74, 6) is -0.912. The van der Waals surface area contributed by atoms with Crippen LogP contribution in [0.15, 0.2) is 58.7 Å². The molecule has 7 heteroatoms. The van der Waals surface area contributed by atoms with Crippen molar-refractivity contribution in [3.8, 4) is 0 Å². The van der Waals surface area contributed by atoms with Crippen LogP contribution in [0.5, 0.6) is 0 Å². The standard InChI is InChI=1S/C18H13ClN2O4/c1-11-7-8-12(10-15(11)19)21-17(23)14(16(22)20-18(21)24)6-2-4-13-5-3-9-25-13/h2-10H,1H3,(H,20,22,24). The van der Waals surface area contributed by atoms with E-state index in [-0.39, 0.29) is 11.3 Å². The van der Waals surface area contributed by atoms with Crippen LogP contribution < -0.4 is 10.2 Å². The first-order valence-electron chi connectivity index (χ1n) is 7.35. The summed E-state index contributed by atoms with van der Waals surface area (Å²) in [5.41, 5.74) is 0.925. The molecule has 6 nitrogen and oxygen atoms in total. The molecule has 1 aliphatic rings. The fraction of sp³-hybridized carbons (Fsp3) is 0.0556. The maximum absolute atomic E-state index is 12.6. The van der Waals surface area contributed by atoms with Crippen LogP contribution in [0.25, 0.3) is 6.08 Å². The minimum Gasteiger partial charge on any atom is -0.465 e. The molecule has 0 bridgehead atoms. The number of benzene rings is 1. The highest BCUT2D eigenvalue weighted by molar-refractivity contribution is 6.38. The molecule has 1 aromatic heterocycles. The lowest BCUT2D eigenvalue weighted by Crippen LogP contribution is -2.54. The number of amides is 4. The first-order valence-corrected chi connectivity index (χ1v) is 7.73. The number of anilines is 1. The molecule has 0 spiro atoms. The van der Waals surface area contributed by atoms with Gasteiger partial charge < -0.3 is 4.42 Å². The van der Waals surface area contributed by atoms with Gasteiger partial charge in [0.15, 0.2) is 0 Å². The molecule has 0 aliphatic carbocycles. The third-order valence-electron chi connectivity index (χ3n) is 3.58. The minimum atomic E-state index is -0.818. The van der Waals surface area contributed by atoms with E-state index in [1.54, 1.807) is 37.3 Å². The van der Waals surface area contributed by atoms with E-state index in [4.69, 9.17) is 16.0 Å². The van der Waals surface area contributed by atoms with Crippen molar-refractivity contribution in [2.45, 2.75) is 6.92 Å². The predicted octanol–water partition coefficient (Wildman–Crippen LogP) is 3.46. The number of carbonyl (C=O) groups is 3. The summed E-state index contributed by atoms with van der Waals surface area (Å²) < 4.78 is 5.13. The molecule has 1 N–H and O–H groups in total. The van der Waals surface area contributed by atoms with Crippen molar-refractivity contribution in [3.63, 3.8) is 0 Å². The Morgan fingerprint density at radius 1 is 1.20 bits per heavy atom. The molecule has 0 radical (unpaired) electrons. The number of hydrogen-bond acceptors (Lipinski definition) is 4. The Kier molecular flexibility index (Phi) is 4.54. The second-order valence-corrected chi connectivity index (χ2v) is 5.70. The second kappa shape index (κ2) is 6.78. The molecule has 0 atom stereocenters. The van der Waals surface area contributed by atoms with E-state index in [9.17, 15) is 14.4 Å². The number of halogens is 1. The molecule has 3 rings (SSSR count). The van der Waals surface area contributed by atoms with E-state index in [1.165, 1.54) is 24.5 Å². The van der Waals surface area contributed by atoms with Crippen molar-refractivity contribution in [2.24, 2.45) is 0 Å². The smallest absolute Gasteiger partial charge is 0.335 e. The molecule has 2 heterocycles. The SMILES string of the molecule is Cc1ccc(N2C(=O)NC(=O)C(=CC=Cc3ccco3)C2=O)cc1Cl. The molecule has 2 aromatic rings. The molecular formula is C18H13ClN2O4. The average Bonchev–Trinajstić information content (AvgIpc) is 3.07. The summed E-state index contributed by atoms with van der Waals surface area (Å²) in [6, 6.07) is 7.40. The van der Waals surface area contributed by atoms with Gasteiger partial charge in [0.05, 0.1) is 12.0 Å². The van der Waals surface area contributed by atoms with E-state index in [0.717, 1.165) is 10.5 Å². The molecule has 25 heavy (non-hydrogen) atoms. The normalized spacial score (nSPS) is 16.8. The number of imide groups is 2. The Balaban J connectivity index is 1.92. The number of aryl methyl sites for hydroxylation is 1. The van der Waals surface area contributed by atoms with Gasteiger partial charge in [-0.25, -0.2) is 9.69 Å². The van der Waals surface area contributed by atoms with Crippen LogP contribution in [0.3, 0.4) is 0 Å². The largest absolute Gasteiger partial charge is 0.465 e. The molecule has 1 aliphatic heterocycles. The van der Waals surface area contributed by atoms with E-state index in [1.807, 2.05) is 0 Å². The zero-order chi connectivity index (χ0) is 18.0. The number of urea groups is 1. The first-order chi connectivity index (χ1) is 12.0. The van der Waals surface area contributed by atoms with Crippen molar-refractivity contribution >= 4 is 41.2 Å². The lowest BCUT2D eigenvalue weighted by Gasteiger charge is -2.26. The van der Waals surface area contributed by atoms with Crippen LogP contribution in [0.4, 0.5) is 10.5 Å². The quantitative estimate of drug-likeness (QED) is 0.674. The fourth-order valence-electron chi connectivity index (χ4n) is 2.26. The molecule has 0 unspecified atom stereocenters. The summed E-state index contributed by atoms with van der Waals surface area (Å²) in [4.78, 5) is 37.5. The zero-order valence-electron chi connectivity index (χ0n) is 13.2. The van der Waals surface area contributed by atoms with Crippen molar-refractivity contribution in [3.05, 3.63) is 70.7 Å². The third kappa shape index (κ3) is 3.39. The van der Waals surface area contributed by atoms with Gasteiger partial charge in [0.1, 0.15) is 11.3 Å². The number of rotatable bonds is 3. The lowest BCUT2D eigenvalue weighted by atomic mass is 10.1. The Morgan fingerprint density at radius 3 is 2.68 bits per heavy atom. The average molecular weight is 357 g/mol. The summed E-state index contributed by atoms with van der Waals surface area (Å²) in [7, 11) is 0. The van der Waals surface area contributed by atoms with Gasteiger partial charge in [-0.2, -0.15) is 0 Å². The molecule has 1 aromatic carbocycles. The molecular weight excluding hydrogens is 344 g/mol. The van der Waals surface area contributed by atoms with Gasteiger partial charge in [0.2, 0.25) is 0 Å². The van der Waals surface area contributed by atoms with Crippen molar-refractivity contribution < 1.29 is 18.8 Å². The third-order valence-corrected chi connectivity index (χ3v) is 3.99. The first kappa shape index (κ1) is 16.7. The highest BCUT2D eigenvalue weighted by atomic mass is 35.5. The van der Waals surface area contributed by atoms with Crippen molar-refractivity contribution in [1.29, 1.82) is 0 Å². The van der Waals surface area contributed by atoms with Gasteiger partial charge in [-0.1, -0.05) is 23.7 Å². The second-order valence-electron chi connectivity index (χ2n) is 5.29. The van der Waals surface area contributed by atoms with Crippen LogP contribution in [0.1, 0.15) is 11.3 Å². The topological polar surface area (TPSA) is 79.6 Å². The lowest BCUT2D eigenvalue weighted by molar-refractivity contribution is -0.122. The van der Waals surface area contributed by atoms with Gasteiger partial charge in [-0.3, -0.25) is 14.9 Å². The van der Waals surface area contributed by atoms with Crippen molar-refractivity contribution in [2.75, 3.05) is 4.90 Å². The number of nitrogens with one attached hydrogen (secondary N) is 1. The Labute approximate surface area is 148 Å². The summed E-state index contributed by atoms with van der Waals surface area (Å²) in [6.07, 6.45) is 5.93. The molecule has 1 saturated heterocycles. The maximum atomic E-state index is 12.6. The van der Waals surface area contributed by atoms with Crippen LogP contribution in [0, 0.1) is 6.92 Å². The fourth-order valence-corrected chi connectivity index (χ4v) is 2.43. The molecule has 4 amide bonds. The molecule has 126 valence electrons. The van der Waals surface area contributed by atoms with Crippen LogP contribution in [-0.2, 0) is 9.59 Å². The van der Waals surface area contributed by atoms with Gasteiger partial charge in [-0.05, 0) is 48.9 Å². The monoisotopic (exact) mass is 356 g/mol. The summed E-state index contributed by atoms with van der Waals surface area (Å²) in [6.45, 7) is 1.80. The number of allylic oxidation sites excluding steroid dienone is 2. The Morgan fingerprint density at radius 2 is 2.00 bits per heavy atom. The number of barbiturate groups is 1. The number of carbonyl (C=O) groups excluding carboxylic acids is 3. The summed E-state index contributed by atoms with van der Waals surface area (Å²) >= 11 is 6.06. The van der Waals surface area contributed by atoms with E-state index < -0.39 is 17.8 Å². The maximum Gasteiger partial charge on any atom is 0.335 e. The molecule has 0 saturated carbocycles. The number of hydrogen-bond donors (Lipinski definition) is 1. The predicted molar refractivity (Wildman–Crippen MR) is 93.0 cm³/mol. The van der Waals surface area contributed by atoms with Gasteiger partial charge >= 0.3 is 6.03 Å². The molecule has 1 fully saturated rings. The van der Waals surface area contributed by atoms with Crippen LogP contribution in [0.2, 0.25) is 5.02 Å². The highest BCUT2D eigenvalue weighted by Crippen LogP contribution is 2.26. The van der Waals surface area contributed by atoms with Gasteiger partial charge in [0, 0.05) is 5.02 Å². The van der Waals surface area contributed by atoms with E-state index >= 15 is 0 Å². The van der Waals surface area contributed by atoms with Gasteiger partial charge in [-0.15, -0.1) is 0 Å². The van der Waals surface area contributed by atoms with E-state index in [0.29, 0.717) is 10.8 Å². The van der Waals surface area contributed by atoms with E-state index in [2.05, 4.69) is 5.32 Å². The minimum absolute atomic E-state index is 0.167. The van der Waals surface area contributed by atoms with Crippen LogP contribution in [-0.4, -0.2) is 17.8 Å². The van der Waals surface area contributed by atoms with Crippen LogP contribution >= 0.6 is 11.6 Å². The highest BCUT2D eigenvalue weighted by Gasteiger charge is 2.36. The summed E-state index contributed by atoms with van der Waals surface area (Å²) in [5, 5.41) is 2.56. The number of nitrogens with zero attached hydrogens (tertiary/aromatic N) is 1. The zero-order valence-corrected chi connectivity index (χ0v) is 13.9. The van der Waals surface area contributed by atoms with Crippen molar-refractivity contribution in [1.82, 2.24) is 5.32 Å². The Bertz CT molecular complexity index is 913. The number of furan rings is 1.